The number of carbonyl (C=O) groups excluding carboxylic acids is 1. The SMILES string of the molecule is CC(C)(C)CC1CNc2c(ccc(F)c2F)NC1=O. The van der Waals surface area contributed by atoms with E-state index in [1.807, 2.05) is 20.8 Å². The van der Waals surface area contributed by atoms with Crippen LogP contribution in [0.15, 0.2) is 12.1 Å². The molecule has 0 aromatic heterocycles. The molecule has 0 saturated heterocycles. The first kappa shape index (κ1) is 13.8. The van der Waals surface area contributed by atoms with Gasteiger partial charge < -0.3 is 10.6 Å². The van der Waals surface area contributed by atoms with Crippen molar-refractivity contribution in [3.63, 3.8) is 0 Å². The number of rotatable bonds is 1. The summed E-state index contributed by atoms with van der Waals surface area (Å²) in [7, 11) is 0. The lowest BCUT2D eigenvalue weighted by Crippen LogP contribution is -2.29. The lowest BCUT2D eigenvalue weighted by atomic mass is 9.84. The van der Waals surface area contributed by atoms with Crippen LogP contribution in [0.3, 0.4) is 0 Å². The van der Waals surface area contributed by atoms with Gasteiger partial charge in [-0.1, -0.05) is 20.8 Å². The van der Waals surface area contributed by atoms with Crippen molar-refractivity contribution in [3.8, 4) is 0 Å². The molecule has 0 spiro atoms. The van der Waals surface area contributed by atoms with Gasteiger partial charge in [0.25, 0.3) is 0 Å². The largest absolute Gasteiger partial charge is 0.380 e. The van der Waals surface area contributed by atoms with Gasteiger partial charge >= 0.3 is 0 Å². The number of hydrogen-bond acceptors (Lipinski definition) is 2. The third-order valence-electron chi connectivity index (χ3n) is 3.11. The molecule has 1 aliphatic rings. The lowest BCUT2D eigenvalue weighted by molar-refractivity contribution is -0.120. The van der Waals surface area contributed by atoms with Gasteiger partial charge in [0.1, 0.15) is 0 Å². The molecule has 1 atom stereocenters. The van der Waals surface area contributed by atoms with Crippen LogP contribution in [0.2, 0.25) is 0 Å². The number of anilines is 2. The molecule has 0 fully saturated rings. The fraction of sp³-hybridized carbons (Fsp3) is 0.500. The quantitative estimate of drug-likeness (QED) is 0.819. The van der Waals surface area contributed by atoms with Gasteiger partial charge in [0.05, 0.1) is 17.3 Å². The predicted octanol–water partition coefficient (Wildman–Crippen LogP) is 3.38. The van der Waals surface area contributed by atoms with E-state index in [2.05, 4.69) is 10.6 Å². The van der Waals surface area contributed by atoms with Crippen molar-refractivity contribution < 1.29 is 13.6 Å². The number of nitrogens with one attached hydrogen (secondary N) is 2. The first-order chi connectivity index (χ1) is 8.78. The molecule has 1 aromatic rings. The number of carbonyl (C=O) groups is 1. The zero-order valence-corrected chi connectivity index (χ0v) is 11.3. The zero-order chi connectivity index (χ0) is 14.2. The predicted molar refractivity (Wildman–Crippen MR) is 71.0 cm³/mol. The van der Waals surface area contributed by atoms with Crippen LogP contribution in [0.5, 0.6) is 0 Å². The summed E-state index contributed by atoms with van der Waals surface area (Å²) >= 11 is 0. The molecule has 2 rings (SSSR count). The van der Waals surface area contributed by atoms with Crippen molar-refractivity contribution in [1.82, 2.24) is 0 Å². The van der Waals surface area contributed by atoms with Crippen LogP contribution in [0.25, 0.3) is 0 Å². The van der Waals surface area contributed by atoms with Crippen LogP contribution in [-0.4, -0.2) is 12.5 Å². The normalized spacial score (nSPS) is 19.2. The molecular weight excluding hydrogens is 250 g/mol. The maximum atomic E-state index is 13.7. The molecule has 104 valence electrons. The Hall–Kier alpha value is -1.65. The van der Waals surface area contributed by atoms with Crippen molar-refractivity contribution in [3.05, 3.63) is 23.8 Å². The number of hydrogen-bond donors (Lipinski definition) is 2. The van der Waals surface area contributed by atoms with Crippen molar-refractivity contribution in [2.45, 2.75) is 27.2 Å². The van der Waals surface area contributed by atoms with Gasteiger partial charge in [0, 0.05) is 6.54 Å². The average Bonchev–Trinajstić information content (AvgIpc) is 2.43. The van der Waals surface area contributed by atoms with E-state index in [-0.39, 0.29) is 22.9 Å². The van der Waals surface area contributed by atoms with E-state index in [0.29, 0.717) is 18.7 Å². The van der Waals surface area contributed by atoms with Crippen LogP contribution in [0, 0.1) is 23.0 Å². The molecule has 1 amide bonds. The van der Waals surface area contributed by atoms with E-state index in [1.165, 1.54) is 6.07 Å². The number of fused-ring (bicyclic) bond motifs is 1. The Morgan fingerprint density at radius 3 is 2.63 bits per heavy atom. The van der Waals surface area contributed by atoms with Crippen LogP contribution < -0.4 is 10.6 Å². The molecule has 19 heavy (non-hydrogen) atoms. The van der Waals surface area contributed by atoms with Crippen molar-refractivity contribution in [2.75, 3.05) is 17.2 Å². The molecule has 1 unspecified atom stereocenters. The Morgan fingerprint density at radius 2 is 2.00 bits per heavy atom. The summed E-state index contributed by atoms with van der Waals surface area (Å²) in [6.45, 7) is 6.42. The highest BCUT2D eigenvalue weighted by molar-refractivity contribution is 5.97. The highest BCUT2D eigenvalue weighted by atomic mass is 19.2. The van der Waals surface area contributed by atoms with E-state index in [0.717, 1.165) is 6.07 Å². The van der Waals surface area contributed by atoms with Gasteiger partial charge in [-0.2, -0.15) is 0 Å². The molecule has 1 heterocycles. The topological polar surface area (TPSA) is 41.1 Å². The Bertz CT molecular complexity index is 509. The molecule has 1 aromatic carbocycles. The highest BCUT2D eigenvalue weighted by Crippen LogP contribution is 2.33. The summed E-state index contributed by atoms with van der Waals surface area (Å²) in [6.07, 6.45) is 0.671. The van der Waals surface area contributed by atoms with Gasteiger partial charge in [0.2, 0.25) is 5.91 Å². The highest BCUT2D eigenvalue weighted by Gasteiger charge is 2.29. The molecule has 1 aliphatic heterocycles. The Labute approximate surface area is 111 Å². The number of amides is 1. The van der Waals surface area contributed by atoms with E-state index < -0.39 is 11.6 Å². The van der Waals surface area contributed by atoms with Gasteiger partial charge in [-0.25, -0.2) is 8.78 Å². The molecule has 0 aliphatic carbocycles. The Balaban J connectivity index is 2.26. The van der Waals surface area contributed by atoms with Crippen LogP contribution >= 0.6 is 0 Å². The monoisotopic (exact) mass is 268 g/mol. The smallest absolute Gasteiger partial charge is 0.229 e. The average molecular weight is 268 g/mol. The zero-order valence-electron chi connectivity index (χ0n) is 11.3. The van der Waals surface area contributed by atoms with Crippen LogP contribution in [-0.2, 0) is 4.79 Å². The van der Waals surface area contributed by atoms with Crippen molar-refractivity contribution >= 4 is 17.3 Å². The Morgan fingerprint density at radius 1 is 1.32 bits per heavy atom. The fourth-order valence-electron chi connectivity index (χ4n) is 2.28. The minimum absolute atomic E-state index is 0.00991. The molecule has 3 nitrogen and oxygen atoms in total. The molecule has 0 radical (unpaired) electrons. The third kappa shape index (κ3) is 3.03. The summed E-state index contributed by atoms with van der Waals surface area (Å²) < 4.78 is 26.8. The van der Waals surface area contributed by atoms with Gasteiger partial charge in [-0.15, -0.1) is 0 Å². The summed E-state index contributed by atoms with van der Waals surface area (Å²) in [6, 6.07) is 2.39. The van der Waals surface area contributed by atoms with Gasteiger partial charge in [-0.3, -0.25) is 4.79 Å². The molecule has 5 heteroatoms. The summed E-state index contributed by atoms with van der Waals surface area (Å²) in [5.41, 5.74) is 0.314. The summed E-state index contributed by atoms with van der Waals surface area (Å²) in [5, 5.41) is 5.49. The lowest BCUT2D eigenvalue weighted by Gasteiger charge is -2.23. The third-order valence-corrected chi connectivity index (χ3v) is 3.11. The second-order valence-corrected chi connectivity index (χ2v) is 6.12. The van der Waals surface area contributed by atoms with Crippen LogP contribution in [0.1, 0.15) is 27.2 Å². The molecule has 0 bridgehead atoms. The van der Waals surface area contributed by atoms with Crippen molar-refractivity contribution in [1.29, 1.82) is 0 Å². The van der Waals surface area contributed by atoms with Gasteiger partial charge in [0.15, 0.2) is 11.6 Å². The first-order valence-corrected chi connectivity index (χ1v) is 6.31. The number of halogens is 2. The van der Waals surface area contributed by atoms with Crippen molar-refractivity contribution in [2.24, 2.45) is 11.3 Å². The summed E-state index contributed by atoms with van der Waals surface area (Å²) in [4.78, 5) is 12.1. The van der Waals surface area contributed by atoms with Crippen LogP contribution in [0.4, 0.5) is 20.2 Å². The maximum Gasteiger partial charge on any atom is 0.229 e. The minimum Gasteiger partial charge on any atom is -0.380 e. The van der Waals surface area contributed by atoms with Gasteiger partial charge in [-0.05, 0) is 24.0 Å². The van der Waals surface area contributed by atoms with E-state index in [1.54, 1.807) is 0 Å². The second-order valence-electron chi connectivity index (χ2n) is 6.12. The van der Waals surface area contributed by atoms with E-state index in [9.17, 15) is 13.6 Å². The standard InChI is InChI=1S/C14H18F2N2O/c1-14(2,3)6-8-7-17-12-10(18-13(8)19)5-4-9(15)11(12)16/h4-5,8,17H,6-7H2,1-3H3,(H,18,19). The van der Waals surface area contributed by atoms with E-state index in [4.69, 9.17) is 0 Å². The molecular formula is C14H18F2N2O. The fourth-order valence-corrected chi connectivity index (χ4v) is 2.28. The Kier molecular flexibility index (Phi) is 3.47. The number of benzene rings is 1. The van der Waals surface area contributed by atoms with E-state index >= 15 is 0 Å². The second kappa shape index (κ2) is 4.79. The summed E-state index contributed by atoms with van der Waals surface area (Å²) in [5.74, 6) is -2.30. The minimum atomic E-state index is -0.950. The molecule has 0 saturated carbocycles. The maximum absolute atomic E-state index is 13.7. The molecule has 2 N–H and O–H groups in total. The first-order valence-electron chi connectivity index (χ1n) is 6.31.